The van der Waals surface area contributed by atoms with Crippen LogP contribution in [0.25, 0.3) is 11.1 Å². The highest BCUT2D eigenvalue weighted by atomic mass is 32.2. The molecule has 3 rings (SSSR count). The Bertz CT molecular complexity index is 840. The van der Waals surface area contributed by atoms with Crippen LogP contribution in [0, 0.1) is 0 Å². The number of nitrogens with zero attached hydrogens (tertiary/aromatic N) is 1. The molecule has 5 nitrogen and oxygen atoms in total. The van der Waals surface area contributed by atoms with Gasteiger partial charge in [-0.25, -0.2) is 13.6 Å². The third-order valence-corrected chi connectivity index (χ3v) is 4.94. The molecule has 1 amide bonds. The molecule has 0 aliphatic carbocycles. The van der Waals surface area contributed by atoms with Gasteiger partial charge in [-0.2, -0.15) is 0 Å². The van der Waals surface area contributed by atoms with E-state index in [1.165, 1.54) is 12.1 Å². The zero-order valence-corrected chi connectivity index (χ0v) is 13.4. The number of benzene rings is 2. The second-order valence-corrected chi connectivity index (χ2v) is 7.18. The lowest BCUT2D eigenvalue weighted by molar-refractivity contribution is 0.0793. The van der Waals surface area contributed by atoms with Crippen molar-refractivity contribution in [3.8, 4) is 11.1 Å². The maximum absolute atomic E-state index is 12.7. The topological polar surface area (TPSA) is 80.5 Å². The third kappa shape index (κ3) is 3.28. The number of rotatable bonds is 3. The zero-order chi connectivity index (χ0) is 16.4. The van der Waals surface area contributed by atoms with E-state index in [0.717, 1.165) is 31.5 Å². The van der Waals surface area contributed by atoms with Crippen LogP contribution in [0.15, 0.2) is 53.4 Å². The second kappa shape index (κ2) is 6.14. The van der Waals surface area contributed by atoms with E-state index in [1.807, 2.05) is 23.1 Å². The first-order chi connectivity index (χ1) is 11.0. The molecule has 120 valence electrons. The van der Waals surface area contributed by atoms with Gasteiger partial charge in [0.2, 0.25) is 10.0 Å². The summed E-state index contributed by atoms with van der Waals surface area (Å²) in [5.41, 5.74) is 1.97. The smallest absolute Gasteiger partial charge is 0.254 e. The number of carbonyl (C=O) groups excluding carboxylic acids is 1. The highest BCUT2D eigenvalue weighted by molar-refractivity contribution is 7.89. The highest BCUT2D eigenvalue weighted by Crippen LogP contribution is 2.27. The minimum atomic E-state index is -3.78. The van der Waals surface area contributed by atoms with Crippen molar-refractivity contribution in [2.24, 2.45) is 5.14 Å². The molecule has 0 unspecified atom stereocenters. The number of nitrogens with two attached hydrogens (primary N) is 1. The van der Waals surface area contributed by atoms with Gasteiger partial charge in [0.15, 0.2) is 0 Å². The van der Waals surface area contributed by atoms with Crippen molar-refractivity contribution in [1.82, 2.24) is 4.90 Å². The van der Waals surface area contributed by atoms with Gasteiger partial charge < -0.3 is 4.90 Å². The molecule has 1 aliphatic rings. The average molecular weight is 330 g/mol. The molecule has 1 aliphatic heterocycles. The molecular weight excluding hydrogens is 312 g/mol. The molecule has 2 aromatic carbocycles. The largest absolute Gasteiger partial charge is 0.339 e. The van der Waals surface area contributed by atoms with Crippen LogP contribution >= 0.6 is 0 Å². The van der Waals surface area contributed by atoms with Crippen molar-refractivity contribution in [3.05, 3.63) is 54.1 Å². The van der Waals surface area contributed by atoms with Crippen molar-refractivity contribution < 1.29 is 13.2 Å². The van der Waals surface area contributed by atoms with Crippen LogP contribution in [0.3, 0.4) is 0 Å². The van der Waals surface area contributed by atoms with Crippen molar-refractivity contribution in [2.75, 3.05) is 13.1 Å². The Balaban J connectivity index is 2.06. The van der Waals surface area contributed by atoms with Crippen molar-refractivity contribution in [3.63, 3.8) is 0 Å². The molecule has 0 atom stereocenters. The van der Waals surface area contributed by atoms with Crippen LogP contribution < -0.4 is 5.14 Å². The van der Waals surface area contributed by atoms with Crippen LogP contribution in [0.4, 0.5) is 0 Å². The Morgan fingerprint density at radius 3 is 2.39 bits per heavy atom. The fraction of sp³-hybridized carbons (Fsp3) is 0.235. The third-order valence-electron chi connectivity index (χ3n) is 4.02. The summed E-state index contributed by atoms with van der Waals surface area (Å²) in [6.45, 7) is 1.54. The van der Waals surface area contributed by atoms with Crippen molar-refractivity contribution in [1.29, 1.82) is 0 Å². The van der Waals surface area contributed by atoms with Crippen molar-refractivity contribution in [2.45, 2.75) is 17.7 Å². The summed E-state index contributed by atoms with van der Waals surface area (Å²) < 4.78 is 23.1. The van der Waals surface area contributed by atoms with E-state index in [9.17, 15) is 13.2 Å². The van der Waals surface area contributed by atoms with Gasteiger partial charge in [-0.05, 0) is 42.2 Å². The first kappa shape index (κ1) is 15.7. The predicted molar refractivity (Wildman–Crippen MR) is 88.4 cm³/mol. The molecule has 0 aromatic heterocycles. The Morgan fingerprint density at radius 2 is 1.70 bits per heavy atom. The number of hydrogen-bond donors (Lipinski definition) is 1. The van der Waals surface area contributed by atoms with Gasteiger partial charge in [0, 0.05) is 18.7 Å². The summed E-state index contributed by atoms with van der Waals surface area (Å²) in [4.78, 5) is 14.6. The van der Waals surface area contributed by atoms with Gasteiger partial charge in [-0.1, -0.05) is 30.3 Å². The standard InChI is InChI=1S/C17H18N2O3S/c18-23(21,22)14-7-5-6-13(12-14)15-8-1-2-9-16(15)17(20)19-10-3-4-11-19/h1-2,5-9,12H,3-4,10-11H2,(H2,18,21,22). The van der Waals surface area contributed by atoms with Crippen LogP contribution in [0.1, 0.15) is 23.2 Å². The van der Waals surface area contributed by atoms with Gasteiger partial charge in [0.25, 0.3) is 5.91 Å². The number of sulfonamides is 1. The maximum atomic E-state index is 12.7. The number of likely N-dealkylation sites (tertiary alicyclic amines) is 1. The second-order valence-electron chi connectivity index (χ2n) is 5.62. The molecule has 2 N–H and O–H groups in total. The summed E-state index contributed by atoms with van der Waals surface area (Å²) in [5.74, 6) is -0.0147. The lowest BCUT2D eigenvalue weighted by Crippen LogP contribution is -2.28. The first-order valence-electron chi connectivity index (χ1n) is 7.48. The number of carbonyl (C=O) groups is 1. The monoisotopic (exact) mass is 330 g/mol. The highest BCUT2D eigenvalue weighted by Gasteiger charge is 2.22. The van der Waals surface area contributed by atoms with Crippen LogP contribution in [-0.4, -0.2) is 32.3 Å². The lowest BCUT2D eigenvalue weighted by atomic mass is 9.99. The SMILES string of the molecule is NS(=O)(=O)c1cccc(-c2ccccc2C(=O)N2CCCC2)c1. The normalized spacial score (nSPS) is 14.9. The molecule has 23 heavy (non-hydrogen) atoms. The molecule has 0 bridgehead atoms. The Hall–Kier alpha value is -2.18. The molecular formula is C17H18N2O3S. The van der Waals surface area contributed by atoms with E-state index in [-0.39, 0.29) is 10.8 Å². The Kier molecular flexibility index (Phi) is 4.19. The minimum Gasteiger partial charge on any atom is -0.339 e. The predicted octanol–water partition coefficient (Wildman–Crippen LogP) is 2.24. The summed E-state index contributed by atoms with van der Waals surface area (Å²) in [6, 6.07) is 13.6. The molecule has 1 fully saturated rings. The summed E-state index contributed by atoms with van der Waals surface area (Å²) in [5, 5.41) is 5.20. The fourth-order valence-corrected chi connectivity index (χ4v) is 3.41. The van der Waals surface area contributed by atoms with E-state index in [0.29, 0.717) is 11.1 Å². The number of hydrogen-bond acceptors (Lipinski definition) is 3. The maximum Gasteiger partial charge on any atom is 0.254 e. The van der Waals surface area contributed by atoms with Crippen LogP contribution in [0.2, 0.25) is 0 Å². The quantitative estimate of drug-likeness (QED) is 0.937. The Labute approximate surface area is 135 Å². The molecule has 0 radical (unpaired) electrons. The van der Waals surface area contributed by atoms with E-state index >= 15 is 0 Å². The van der Waals surface area contributed by atoms with E-state index in [2.05, 4.69) is 0 Å². The average Bonchev–Trinajstić information content (AvgIpc) is 3.08. The molecule has 0 saturated carbocycles. The molecule has 1 heterocycles. The first-order valence-corrected chi connectivity index (χ1v) is 9.03. The summed E-state index contributed by atoms with van der Waals surface area (Å²) >= 11 is 0. The van der Waals surface area contributed by atoms with Gasteiger partial charge in [0.1, 0.15) is 0 Å². The molecule has 1 saturated heterocycles. The van der Waals surface area contributed by atoms with E-state index in [1.54, 1.807) is 18.2 Å². The fourth-order valence-electron chi connectivity index (χ4n) is 2.85. The van der Waals surface area contributed by atoms with Crippen LogP contribution in [-0.2, 0) is 10.0 Å². The summed E-state index contributed by atoms with van der Waals surface area (Å²) in [6.07, 6.45) is 2.05. The summed E-state index contributed by atoms with van der Waals surface area (Å²) in [7, 11) is -3.78. The number of amides is 1. The van der Waals surface area contributed by atoms with Gasteiger partial charge in [0.05, 0.1) is 4.90 Å². The lowest BCUT2D eigenvalue weighted by Gasteiger charge is -2.18. The number of primary sulfonamides is 1. The van der Waals surface area contributed by atoms with Crippen molar-refractivity contribution >= 4 is 15.9 Å². The van der Waals surface area contributed by atoms with Gasteiger partial charge in [-0.3, -0.25) is 4.79 Å². The zero-order valence-electron chi connectivity index (χ0n) is 12.6. The van der Waals surface area contributed by atoms with E-state index in [4.69, 9.17) is 5.14 Å². The molecule has 0 spiro atoms. The van der Waals surface area contributed by atoms with Gasteiger partial charge >= 0.3 is 0 Å². The molecule has 6 heteroatoms. The van der Waals surface area contributed by atoms with Gasteiger partial charge in [-0.15, -0.1) is 0 Å². The van der Waals surface area contributed by atoms with E-state index < -0.39 is 10.0 Å². The Morgan fingerprint density at radius 1 is 1.00 bits per heavy atom. The van der Waals surface area contributed by atoms with Crippen LogP contribution in [0.5, 0.6) is 0 Å². The minimum absolute atomic E-state index is 0.0147. The molecule has 2 aromatic rings.